The van der Waals surface area contributed by atoms with Gasteiger partial charge < -0.3 is 0 Å². The van der Waals surface area contributed by atoms with Crippen molar-refractivity contribution in [1.29, 1.82) is 0 Å². The highest BCUT2D eigenvalue weighted by Gasteiger charge is 2.16. The molecule has 0 atom stereocenters. The Morgan fingerprint density at radius 1 is 0.650 bits per heavy atom. The van der Waals surface area contributed by atoms with E-state index in [0.29, 0.717) is 0 Å². The van der Waals surface area contributed by atoms with Crippen molar-refractivity contribution in [3.8, 4) is 11.1 Å². The molecule has 1 aliphatic carbocycles. The van der Waals surface area contributed by atoms with Crippen LogP contribution in [0, 0.1) is 0 Å². The summed E-state index contributed by atoms with van der Waals surface area (Å²) in [7, 11) is 0. The fraction of sp³-hybridized carbons (Fsp3) is 0. The van der Waals surface area contributed by atoms with E-state index in [0.717, 1.165) is 21.9 Å². The first-order valence-corrected chi connectivity index (χ1v) is 6.68. The van der Waals surface area contributed by atoms with Crippen LogP contribution in [0.2, 0.25) is 0 Å². The normalized spacial score (nSPS) is 12.9. The van der Waals surface area contributed by atoms with Crippen LogP contribution >= 0.6 is 0 Å². The van der Waals surface area contributed by atoms with Crippen molar-refractivity contribution >= 4 is 22.6 Å². The molecule has 1 heteroatoms. The average molecular weight is 256 g/mol. The molecule has 0 N–H and O–H groups in total. The van der Waals surface area contributed by atoms with Gasteiger partial charge in [0.25, 0.3) is 0 Å². The molecule has 1 nitrogen and oxygen atoms in total. The van der Waals surface area contributed by atoms with Crippen LogP contribution in [-0.2, 0) is 0 Å². The largest absolute Gasteiger partial charge is 0.289 e. The van der Waals surface area contributed by atoms with Gasteiger partial charge in [0, 0.05) is 10.9 Å². The lowest BCUT2D eigenvalue weighted by Gasteiger charge is -2.15. The maximum atomic E-state index is 12.0. The van der Waals surface area contributed by atoms with Gasteiger partial charge in [-0.3, -0.25) is 4.79 Å². The smallest absolute Gasteiger partial charge is 0.186 e. The van der Waals surface area contributed by atoms with Gasteiger partial charge in [-0.1, -0.05) is 60.7 Å². The summed E-state index contributed by atoms with van der Waals surface area (Å²) < 4.78 is 0. The molecule has 0 aliphatic heterocycles. The third-order valence-corrected chi connectivity index (χ3v) is 3.84. The SMILES string of the molecule is O=C1C=Cc2cccc3c(-c4ccccc4)ccc1c23. The number of rotatable bonds is 1. The lowest BCUT2D eigenvalue weighted by atomic mass is 9.88. The van der Waals surface area contributed by atoms with E-state index in [1.807, 2.05) is 42.5 Å². The number of carbonyl (C=O) groups is 1. The molecular weight excluding hydrogens is 244 g/mol. The van der Waals surface area contributed by atoms with Crippen molar-refractivity contribution in [2.45, 2.75) is 0 Å². The van der Waals surface area contributed by atoms with E-state index in [9.17, 15) is 4.79 Å². The summed E-state index contributed by atoms with van der Waals surface area (Å²) in [5.41, 5.74) is 4.28. The minimum atomic E-state index is 0.0910. The van der Waals surface area contributed by atoms with Gasteiger partial charge in [0.2, 0.25) is 0 Å². The van der Waals surface area contributed by atoms with Gasteiger partial charge in [-0.2, -0.15) is 0 Å². The van der Waals surface area contributed by atoms with Crippen LogP contribution in [0.15, 0.2) is 66.7 Å². The zero-order valence-corrected chi connectivity index (χ0v) is 10.8. The number of allylic oxidation sites excluding steroid dienone is 1. The first-order valence-electron chi connectivity index (χ1n) is 6.68. The Hall–Kier alpha value is -2.67. The maximum Gasteiger partial charge on any atom is 0.186 e. The Labute approximate surface area is 117 Å². The summed E-state index contributed by atoms with van der Waals surface area (Å²) in [4.78, 5) is 12.0. The third kappa shape index (κ3) is 1.53. The molecule has 3 aromatic rings. The molecule has 0 saturated heterocycles. The van der Waals surface area contributed by atoms with Crippen molar-refractivity contribution < 1.29 is 4.79 Å². The quantitative estimate of drug-likeness (QED) is 0.616. The second-order valence-electron chi connectivity index (χ2n) is 4.99. The molecule has 3 aromatic carbocycles. The average Bonchev–Trinajstić information content (AvgIpc) is 2.52. The molecule has 0 spiro atoms. The van der Waals surface area contributed by atoms with E-state index in [2.05, 4.69) is 24.3 Å². The summed E-state index contributed by atoms with van der Waals surface area (Å²) >= 11 is 0. The Morgan fingerprint density at radius 2 is 1.45 bits per heavy atom. The highest BCUT2D eigenvalue weighted by molar-refractivity contribution is 6.21. The van der Waals surface area contributed by atoms with E-state index in [1.165, 1.54) is 11.1 Å². The molecule has 20 heavy (non-hydrogen) atoms. The fourth-order valence-electron chi connectivity index (χ4n) is 2.90. The second kappa shape index (κ2) is 4.17. The standard InChI is InChI=1S/C19H12O/c20-18-12-9-14-7-4-8-16-15(10-11-17(18)19(14)16)13-5-2-1-3-6-13/h1-12H. The van der Waals surface area contributed by atoms with Crippen molar-refractivity contribution in [3.63, 3.8) is 0 Å². The minimum Gasteiger partial charge on any atom is -0.289 e. The number of hydrogen-bond acceptors (Lipinski definition) is 1. The number of carbonyl (C=O) groups excluding carboxylic acids is 1. The van der Waals surface area contributed by atoms with Crippen molar-refractivity contribution in [3.05, 3.63) is 77.9 Å². The van der Waals surface area contributed by atoms with Gasteiger partial charge in [-0.25, -0.2) is 0 Å². The predicted octanol–water partition coefficient (Wildman–Crippen LogP) is 4.72. The van der Waals surface area contributed by atoms with E-state index in [1.54, 1.807) is 6.08 Å². The van der Waals surface area contributed by atoms with Gasteiger partial charge in [-0.15, -0.1) is 0 Å². The Kier molecular flexibility index (Phi) is 2.33. The molecule has 0 fully saturated rings. The number of benzene rings is 3. The van der Waals surface area contributed by atoms with E-state index in [-0.39, 0.29) is 5.78 Å². The van der Waals surface area contributed by atoms with Crippen LogP contribution in [0.25, 0.3) is 28.0 Å². The van der Waals surface area contributed by atoms with Crippen LogP contribution in [0.1, 0.15) is 15.9 Å². The topological polar surface area (TPSA) is 17.1 Å². The molecule has 0 unspecified atom stereocenters. The van der Waals surface area contributed by atoms with Crippen molar-refractivity contribution in [2.24, 2.45) is 0 Å². The summed E-state index contributed by atoms with van der Waals surface area (Å²) in [6, 6.07) is 20.5. The van der Waals surface area contributed by atoms with Gasteiger partial charge in [0.05, 0.1) is 0 Å². The minimum absolute atomic E-state index is 0.0910. The fourth-order valence-corrected chi connectivity index (χ4v) is 2.90. The zero-order valence-electron chi connectivity index (χ0n) is 10.8. The molecular formula is C19H12O. The summed E-state index contributed by atoms with van der Waals surface area (Å²) in [6.07, 6.45) is 3.56. The first kappa shape index (κ1) is 11.2. The number of hydrogen-bond donors (Lipinski definition) is 0. The Morgan fingerprint density at radius 3 is 2.30 bits per heavy atom. The molecule has 0 aromatic heterocycles. The summed E-state index contributed by atoms with van der Waals surface area (Å²) in [5, 5.41) is 2.21. The summed E-state index contributed by atoms with van der Waals surface area (Å²) in [6.45, 7) is 0. The van der Waals surface area contributed by atoms with Gasteiger partial charge in [0.15, 0.2) is 5.78 Å². The zero-order chi connectivity index (χ0) is 13.5. The molecule has 0 bridgehead atoms. The molecule has 0 heterocycles. The first-order chi connectivity index (χ1) is 9.84. The highest BCUT2D eigenvalue weighted by Crippen LogP contribution is 2.35. The predicted molar refractivity (Wildman–Crippen MR) is 82.7 cm³/mol. The molecule has 0 radical (unpaired) electrons. The molecule has 4 rings (SSSR count). The monoisotopic (exact) mass is 256 g/mol. The van der Waals surface area contributed by atoms with Gasteiger partial charge in [0.1, 0.15) is 0 Å². The molecule has 1 aliphatic rings. The van der Waals surface area contributed by atoms with Crippen molar-refractivity contribution in [1.82, 2.24) is 0 Å². The lowest BCUT2D eigenvalue weighted by Crippen LogP contribution is -2.02. The summed E-state index contributed by atoms with van der Waals surface area (Å²) in [5.74, 6) is 0.0910. The molecule has 94 valence electrons. The van der Waals surface area contributed by atoms with Crippen LogP contribution in [0.5, 0.6) is 0 Å². The van der Waals surface area contributed by atoms with Gasteiger partial charge >= 0.3 is 0 Å². The Balaban J connectivity index is 2.13. The van der Waals surface area contributed by atoms with Crippen LogP contribution in [0.3, 0.4) is 0 Å². The van der Waals surface area contributed by atoms with Crippen LogP contribution in [0.4, 0.5) is 0 Å². The lowest BCUT2D eigenvalue weighted by molar-refractivity contribution is 0.104. The van der Waals surface area contributed by atoms with Gasteiger partial charge in [-0.05, 0) is 34.2 Å². The van der Waals surface area contributed by atoms with Crippen LogP contribution < -0.4 is 0 Å². The van der Waals surface area contributed by atoms with Crippen LogP contribution in [-0.4, -0.2) is 5.78 Å². The highest BCUT2D eigenvalue weighted by atomic mass is 16.1. The van der Waals surface area contributed by atoms with E-state index < -0.39 is 0 Å². The molecule has 0 saturated carbocycles. The maximum absolute atomic E-state index is 12.0. The third-order valence-electron chi connectivity index (χ3n) is 3.84. The molecule has 0 amide bonds. The van der Waals surface area contributed by atoms with E-state index >= 15 is 0 Å². The second-order valence-corrected chi connectivity index (χ2v) is 4.99. The van der Waals surface area contributed by atoms with E-state index in [4.69, 9.17) is 0 Å². The van der Waals surface area contributed by atoms with Crippen molar-refractivity contribution in [2.75, 3.05) is 0 Å². The number of ketones is 1. The Bertz CT molecular complexity index is 858.